The molecule has 4 amide bonds. The average molecular weight is 289 g/mol. The Bertz CT molecular complexity index is 583. The van der Waals surface area contributed by atoms with Gasteiger partial charge in [-0.1, -0.05) is 12.1 Å². The number of carbonyl (C=O) groups excluding carboxylic acids is 3. The lowest BCUT2D eigenvalue weighted by Crippen LogP contribution is -2.33. The predicted octanol–water partition coefficient (Wildman–Crippen LogP) is 0.871. The Balaban J connectivity index is 2.04. The zero-order chi connectivity index (χ0) is 15.6. The maximum Gasteiger partial charge on any atom is 0.324 e. The first-order valence-corrected chi connectivity index (χ1v) is 6.82. The van der Waals surface area contributed by atoms with Crippen molar-refractivity contribution in [2.75, 3.05) is 20.6 Å². The van der Waals surface area contributed by atoms with Crippen molar-refractivity contribution >= 4 is 17.8 Å². The first kappa shape index (κ1) is 15.0. The molecule has 21 heavy (non-hydrogen) atoms. The zero-order valence-electron chi connectivity index (χ0n) is 12.4. The van der Waals surface area contributed by atoms with E-state index in [1.165, 1.54) is 9.80 Å². The first-order chi connectivity index (χ1) is 9.90. The lowest BCUT2D eigenvalue weighted by molar-refractivity contribution is -0.127. The van der Waals surface area contributed by atoms with Crippen molar-refractivity contribution < 1.29 is 14.4 Å². The molecule has 0 spiro atoms. The van der Waals surface area contributed by atoms with Gasteiger partial charge in [-0.05, 0) is 31.0 Å². The van der Waals surface area contributed by atoms with Gasteiger partial charge in [0.2, 0.25) is 0 Å². The summed E-state index contributed by atoms with van der Waals surface area (Å²) in [6.45, 7) is 1.98. The van der Waals surface area contributed by atoms with Crippen LogP contribution in [0.3, 0.4) is 0 Å². The van der Waals surface area contributed by atoms with Crippen LogP contribution in [0.1, 0.15) is 22.8 Å². The third-order valence-corrected chi connectivity index (χ3v) is 3.43. The standard InChI is InChI=1S/C15H19N3O3/c1-10-13(19)18(15(21)16-10)8-7-11-5-4-6-12(9-11)14(20)17(2)3/h4-6,9-10H,7-8H2,1-3H3,(H,16,21)/t10-/m0/s1. The highest BCUT2D eigenvalue weighted by atomic mass is 16.2. The minimum Gasteiger partial charge on any atom is -0.345 e. The lowest BCUT2D eigenvalue weighted by Gasteiger charge is -2.14. The van der Waals surface area contributed by atoms with Crippen LogP contribution in [0.5, 0.6) is 0 Å². The molecular formula is C15H19N3O3. The van der Waals surface area contributed by atoms with Gasteiger partial charge in [0.25, 0.3) is 11.8 Å². The molecule has 0 saturated carbocycles. The molecule has 1 fully saturated rings. The summed E-state index contributed by atoms with van der Waals surface area (Å²) >= 11 is 0. The number of amides is 4. The summed E-state index contributed by atoms with van der Waals surface area (Å²) in [4.78, 5) is 38.0. The fourth-order valence-corrected chi connectivity index (χ4v) is 2.23. The molecule has 1 N–H and O–H groups in total. The minimum atomic E-state index is -0.459. The second-order valence-corrected chi connectivity index (χ2v) is 5.31. The molecule has 0 aliphatic carbocycles. The quantitative estimate of drug-likeness (QED) is 0.836. The molecule has 6 nitrogen and oxygen atoms in total. The van der Waals surface area contributed by atoms with Crippen LogP contribution in [0, 0.1) is 0 Å². The van der Waals surface area contributed by atoms with Gasteiger partial charge in [-0.15, -0.1) is 0 Å². The van der Waals surface area contributed by atoms with Crippen LogP contribution in [-0.4, -0.2) is 54.3 Å². The van der Waals surface area contributed by atoms with Crippen LogP contribution in [0.4, 0.5) is 4.79 Å². The van der Waals surface area contributed by atoms with E-state index in [0.29, 0.717) is 18.5 Å². The Morgan fingerprint density at radius 3 is 2.62 bits per heavy atom. The van der Waals surface area contributed by atoms with Gasteiger partial charge in [0, 0.05) is 26.2 Å². The molecule has 2 rings (SSSR count). The Hall–Kier alpha value is -2.37. The van der Waals surface area contributed by atoms with E-state index in [2.05, 4.69) is 5.32 Å². The maximum atomic E-state index is 11.9. The van der Waals surface area contributed by atoms with E-state index in [4.69, 9.17) is 0 Å². The fourth-order valence-electron chi connectivity index (χ4n) is 2.23. The van der Waals surface area contributed by atoms with Crippen molar-refractivity contribution in [1.29, 1.82) is 0 Å². The van der Waals surface area contributed by atoms with E-state index in [1.807, 2.05) is 6.07 Å². The molecule has 0 unspecified atom stereocenters. The van der Waals surface area contributed by atoms with Gasteiger partial charge in [0.1, 0.15) is 6.04 Å². The molecular weight excluding hydrogens is 270 g/mol. The SMILES string of the molecule is C[C@@H]1NC(=O)N(CCc2cccc(C(=O)N(C)C)c2)C1=O. The smallest absolute Gasteiger partial charge is 0.324 e. The third-order valence-electron chi connectivity index (χ3n) is 3.43. The van der Waals surface area contributed by atoms with Gasteiger partial charge in [0.05, 0.1) is 0 Å². The van der Waals surface area contributed by atoms with Gasteiger partial charge in [-0.2, -0.15) is 0 Å². The highest BCUT2D eigenvalue weighted by Gasteiger charge is 2.34. The van der Waals surface area contributed by atoms with E-state index in [1.54, 1.807) is 39.2 Å². The Labute approximate surface area is 123 Å². The van der Waals surface area contributed by atoms with Gasteiger partial charge < -0.3 is 10.2 Å². The summed E-state index contributed by atoms with van der Waals surface area (Å²) < 4.78 is 0. The topological polar surface area (TPSA) is 69.7 Å². The van der Waals surface area contributed by atoms with Crippen LogP contribution in [0.25, 0.3) is 0 Å². The van der Waals surface area contributed by atoms with Crippen molar-refractivity contribution in [3.05, 3.63) is 35.4 Å². The summed E-state index contributed by atoms with van der Waals surface area (Å²) in [5, 5.41) is 2.57. The number of hydrogen-bond donors (Lipinski definition) is 1. The van der Waals surface area contributed by atoms with Crippen molar-refractivity contribution in [3.63, 3.8) is 0 Å². The van der Waals surface area contributed by atoms with Crippen molar-refractivity contribution in [3.8, 4) is 0 Å². The zero-order valence-corrected chi connectivity index (χ0v) is 12.4. The molecule has 1 atom stereocenters. The number of nitrogens with zero attached hydrogens (tertiary/aromatic N) is 2. The Morgan fingerprint density at radius 2 is 2.05 bits per heavy atom. The van der Waals surface area contributed by atoms with Crippen LogP contribution >= 0.6 is 0 Å². The van der Waals surface area contributed by atoms with Crippen LogP contribution in [0.2, 0.25) is 0 Å². The molecule has 1 aliphatic heterocycles. The average Bonchev–Trinajstić information content (AvgIpc) is 2.69. The third kappa shape index (κ3) is 3.21. The van der Waals surface area contributed by atoms with Crippen molar-refractivity contribution in [2.24, 2.45) is 0 Å². The molecule has 6 heteroatoms. The highest BCUT2D eigenvalue weighted by Crippen LogP contribution is 2.11. The number of benzene rings is 1. The normalized spacial score (nSPS) is 17.9. The van der Waals surface area contributed by atoms with E-state index in [0.717, 1.165) is 5.56 Å². The second kappa shape index (κ2) is 5.95. The molecule has 1 aromatic carbocycles. The van der Waals surface area contributed by atoms with Crippen molar-refractivity contribution in [2.45, 2.75) is 19.4 Å². The molecule has 1 heterocycles. The number of imide groups is 1. The van der Waals surface area contributed by atoms with E-state index in [9.17, 15) is 14.4 Å². The molecule has 112 valence electrons. The summed E-state index contributed by atoms with van der Waals surface area (Å²) in [5.74, 6) is -0.277. The summed E-state index contributed by atoms with van der Waals surface area (Å²) in [6, 6.07) is 6.42. The van der Waals surface area contributed by atoms with Crippen molar-refractivity contribution in [1.82, 2.24) is 15.1 Å². The van der Waals surface area contributed by atoms with E-state index >= 15 is 0 Å². The number of urea groups is 1. The highest BCUT2D eigenvalue weighted by molar-refractivity contribution is 6.03. The molecule has 1 aliphatic rings. The lowest BCUT2D eigenvalue weighted by atomic mass is 10.1. The van der Waals surface area contributed by atoms with Gasteiger partial charge in [0.15, 0.2) is 0 Å². The number of hydrogen-bond acceptors (Lipinski definition) is 3. The molecule has 1 saturated heterocycles. The monoisotopic (exact) mass is 289 g/mol. The fraction of sp³-hybridized carbons (Fsp3) is 0.400. The molecule has 1 aromatic rings. The van der Waals surface area contributed by atoms with Gasteiger partial charge in [-0.3, -0.25) is 14.5 Å². The number of nitrogens with one attached hydrogen (secondary N) is 1. The number of rotatable bonds is 4. The Morgan fingerprint density at radius 1 is 1.33 bits per heavy atom. The van der Waals surface area contributed by atoms with Crippen LogP contribution < -0.4 is 5.32 Å². The van der Waals surface area contributed by atoms with Crippen LogP contribution in [0.15, 0.2) is 24.3 Å². The summed E-state index contributed by atoms with van der Waals surface area (Å²) in [6.07, 6.45) is 0.528. The van der Waals surface area contributed by atoms with E-state index < -0.39 is 6.04 Å². The summed E-state index contributed by atoms with van der Waals surface area (Å²) in [5.41, 5.74) is 1.52. The minimum absolute atomic E-state index is 0.0690. The molecule has 0 bridgehead atoms. The first-order valence-electron chi connectivity index (χ1n) is 6.82. The van der Waals surface area contributed by atoms with E-state index in [-0.39, 0.29) is 17.8 Å². The van der Waals surface area contributed by atoms with Gasteiger partial charge in [-0.25, -0.2) is 4.79 Å². The van der Waals surface area contributed by atoms with Crippen LogP contribution in [-0.2, 0) is 11.2 Å². The second-order valence-electron chi connectivity index (χ2n) is 5.31. The number of carbonyl (C=O) groups is 3. The largest absolute Gasteiger partial charge is 0.345 e. The predicted molar refractivity (Wildman–Crippen MR) is 77.9 cm³/mol. The van der Waals surface area contributed by atoms with Gasteiger partial charge >= 0.3 is 6.03 Å². The molecule has 0 radical (unpaired) electrons. The maximum absolute atomic E-state index is 11.9. The Kier molecular flexibility index (Phi) is 4.26. The summed E-state index contributed by atoms with van der Waals surface area (Å²) in [7, 11) is 3.40. The molecule has 0 aromatic heterocycles.